The number of hydrogen-bond acceptors (Lipinski definition) is 8. The van der Waals surface area contributed by atoms with Gasteiger partial charge in [0.2, 0.25) is 0 Å². The third-order valence-electron chi connectivity index (χ3n) is 8.87. The van der Waals surface area contributed by atoms with E-state index in [1.165, 1.54) is 0 Å². The number of epoxide rings is 1. The maximum Gasteiger partial charge on any atom is 0.309 e. The van der Waals surface area contributed by atoms with E-state index in [4.69, 9.17) is 9.47 Å². The van der Waals surface area contributed by atoms with Crippen LogP contribution in [0.15, 0.2) is 11.0 Å². The number of rotatable bonds is 2. The highest BCUT2D eigenvalue weighted by atomic mass is 32.1. The maximum absolute atomic E-state index is 13.3. The Kier molecular flexibility index (Phi) is 7.57. The van der Waals surface area contributed by atoms with Crippen LogP contribution in [0.5, 0.6) is 0 Å². The number of hydrogen-bond donors (Lipinski definition) is 2. The van der Waals surface area contributed by atoms with E-state index in [1.807, 2.05) is 32.2 Å². The SMILES string of the molecule is C/C(=C\c1csc(C)n1)[C@@H]1CC2OC2(C)CC2CC2[C@H](C)[C@H](O)[C@@H](C)C(=O)C(C)(C)[C@H](O)CC(=O)O1. The highest BCUT2D eigenvalue weighted by Gasteiger charge is 2.58. The van der Waals surface area contributed by atoms with Crippen molar-refractivity contribution in [2.24, 2.45) is 29.1 Å². The largest absolute Gasteiger partial charge is 0.458 e. The minimum atomic E-state index is -1.22. The molecule has 0 spiro atoms. The number of thiazole rings is 1. The van der Waals surface area contributed by atoms with E-state index in [0.29, 0.717) is 18.3 Å². The molecule has 1 aromatic rings. The van der Waals surface area contributed by atoms with Crippen molar-refractivity contribution in [3.63, 3.8) is 0 Å². The van der Waals surface area contributed by atoms with Crippen molar-refractivity contribution >= 4 is 29.2 Å². The van der Waals surface area contributed by atoms with Crippen LogP contribution in [0.25, 0.3) is 6.08 Å². The predicted molar refractivity (Wildman–Crippen MR) is 138 cm³/mol. The Labute approximate surface area is 218 Å². The van der Waals surface area contributed by atoms with E-state index < -0.39 is 35.6 Å². The summed E-state index contributed by atoms with van der Waals surface area (Å²) in [6.07, 6.45) is 1.49. The molecule has 36 heavy (non-hydrogen) atoms. The van der Waals surface area contributed by atoms with Gasteiger partial charge >= 0.3 is 5.97 Å². The van der Waals surface area contributed by atoms with E-state index >= 15 is 0 Å². The fourth-order valence-electron chi connectivity index (χ4n) is 5.97. The summed E-state index contributed by atoms with van der Waals surface area (Å²) < 4.78 is 12.1. The Balaban J connectivity index is 1.59. The zero-order chi connectivity index (χ0) is 26.6. The standard InChI is InChI=1S/C28H41NO6S/c1-14(8-19-13-36-17(4)29-19)21-10-23-28(7,35-23)12-18-9-20(18)15(2)25(32)16(3)26(33)27(5,6)22(30)11-24(31)34-21/h8,13,15-16,18,20-23,25,30,32H,9-12H2,1-7H3/b14-8+/t15-,16+,18?,20?,21-,22+,23?,25-,28?/m0/s1. The summed E-state index contributed by atoms with van der Waals surface area (Å²) >= 11 is 1.56. The van der Waals surface area contributed by atoms with Gasteiger partial charge < -0.3 is 19.7 Å². The third kappa shape index (κ3) is 5.62. The fraction of sp³-hybridized carbons (Fsp3) is 0.750. The first kappa shape index (κ1) is 27.4. The Hall–Kier alpha value is -1.61. The number of Topliss-reactive ketones (excluding diaryl/α,β-unsaturated/α-hetero) is 1. The quantitative estimate of drug-likeness (QED) is 0.442. The van der Waals surface area contributed by atoms with E-state index in [-0.39, 0.29) is 29.8 Å². The third-order valence-corrected chi connectivity index (χ3v) is 9.66. The molecule has 1 aliphatic carbocycles. The molecule has 9 atom stereocenters. The van der Waals surface area contributed by atoms with Crippen LogP contribution in [-0.2, 0) is 19.1 Å². The van der Waals surface area contributed by atoms with Gasteiger partial charge in [0.05, 0.1) is 46.5 Å². The van der Waals surface area contributed by atoms with Gasteiger partial charge in [-0.05, 0) is 63.0 Å². The molecule has 4 rings (SSSR count). The van der Waals surface area contributed by atoms with Crippen molar-refractivity contribution in [3.05, 3.63) is 21.7 Å². The topological polar surface area (TPSA) is 109 Å². The van der Waals surface area contributed by atoms with Gasteiger partial charge in [-0.15, -0.1) is 11.3 Å². The molecule has 1 aromatic heterocycles. The summed E-state index contributed by atoms with van der Waals surface area (Å²) in [7, 11) is 0. The normalized spacial score (nSPS) is 41.8. The molecule has 1 saturated carbocycles. The van der Waals surface area contributed by atoms with Crippen molar-refractivity contribution in [3.8, 4) is 0 Å². The zero-order valence-corrected chi connectivity index (χ0v) is 23.3. The van der Waals surface area contributed by atoms with Gasteiger partial charge in [-0.25, -0.2) is 4.98 Å². The molecule has 2 aliphatic heterocycles. The average Bonchev–Trinajstić information content (AvgIpc) is 3.66. The summed E-state index contributed by atoms with van der Waals surface area (Å²) in [5.74, 6) is -0.686. The molecule has 0 aromatic carbocycles. The summed E-state index contributed by atoms with van der Waals surface area (Å²) in [6, 6.07) is 0. The van der Waals surface area contributed by atoms with Gasteiger partial charge in [-0.2, -0.15) is 0 Å². The fourth-order valence-corrected chi connectivity index (χ4v) is 6.54. The Bertz CT molecular complexity index is 1030. The van der Waals surface area contributed by atoms with Gasteiger partial charge in [-0.3, -0.25) is 9.59 Å². The number of aromatic nitrogens is 1. The summed E-state index contributed by atoms with van der Waals surface area (Å²) in [4.78, 5) is 30.8. The zero-order valence-electron chi connectivity index (χ0n) is 22.5. The number of cyclic esters (lactones) is 1. The van der Waals surface area contributed by atoms with Gasteiger partial charge in [0, 0.05) is 17.7 Å². The minimum Gasteiger partial charge on any atom is -0.458 e. The van der Waals surface area contributed by atoms with Crippen LogP contribution < -0.4 is 0 Å². The smallest absolute Gasteiger partial charge is 0.309 e. The number of ketones is 1. The second kappa shape index (κ2) is 9.93. The van der Waals surface area contributed by atoms with Gasteiger partial charge in [0.15, 0.2) is 0 Å². The Morgan fingerprint density at radius 1 is 1.19 bits per heavy atom. The highest BCUT2D eigenvalue weighted by molar-refractivity contribution is 7.09. The monoisotopic (exact) mass is 519 g/mol. The summed E-state index contributed by atoms with van der Waals surface area (Å²) in [5.41, 5.74) is 0.209. The van der Waals surface area contributed by atoms with Crippen molar-refractivity contribution in [2.75, 3.05) is 0 Å². The Morgan fingerprint density at radius 2 is 1.89 bits per heavy atom. The first-order chi connectivity index (χ1) is 16.7. The molecular formula is C28H41NO6S. The number of fused-ring (bicyclic) bond motifs is 2. The molecule has 200 valence electrons. The van der Waals surface area contributed by atoms with Crippen molar-refractivity contribution in [1.29, 1.82) is 0 Å². The van der Waals surface area contributed by atoms with Gasteiger partial charge in [-0.1, -0.05) is 27.7 Å². The molecule has 3 fully saturated rings. The van der Waals surface area contributed by atoms with E-state index in [0.717, 1.165) is 29.1 Å². The number of nitrogens with zero attached hydrogens (tertiary/aromatic N) is 1. The van der Waals surface area contributed by atoms with Crippen LogP contribution in [0.1, 0.15) is 77.9 Å². The number of carbonyl (C=O) groups is 2. The molecule has 3 aliphatic rings. The van der Waals surface area contributed by atoms with Crippen LogP contribution in [0.4, 0.5) is 0 Å². The first-order valence-electron chi connectivity index (χ1n) is 13.1. The Morgan fingerprint density at radius 3 is 2.53 bits per heavy atom. The predicted octanol–water partition coefficient (Wildman–Crippen LogP) is 4.33. The molecule has 2 N–H and O–H groups in total. The van der Waals surface area contributed by atoms with E-state index in [2.05, 4.69) is 11.9 Å². The number of carbonyl (C=O) groups excluding carboxylic acids is 2. The molecule has 0 amide bonds. The maximum atomic E-state index is 13.3. The number of aliphatic hydroxyl groups is 2. The minimum absolute atomic E-state index is 0.0277. The van der Waals surface area contributed by atoms with Gasteiger partial charge in [0.25, 0.3) is 0 Å². The van der Waals surface area contributed by atoms with Crippen LogP contribution in [0, 0.1) is 36.0 Å². The molecule has 0 bridgehead atoms. The van der Waals surface area contributed by atoms with E-state index in [9.17, 15) is 19.8 Å². The molecule has 2 saturated heterocycles. The van der Waals surface area contributed by atoms with Crippen LogP contribution in [0.3, 0.4) is 0 Å². The second-order valence-corrected chi connectivity index (χ2v) is 13.2. The van der Waals surface area contributed by atoms with Crippen LogP contribution >= 0.6 is 11.3 Å². The molecule has 3 heterocycles. The molecule has 8 heteroatoms. The van der Waals surface area contributed by atoms with E-state index in [1.54, 1.807) is 32.1 Å². The number of esters is 1. The average molecular weight is 520 g/mol. The van der Waals surface area contributed by atoms with Crippen molar-refractivity contribution < 1.29 is 29.3 Å². The van der Waals surface area contributed by atoms with Crippen LogP contribution in [-0.4, -0.2) is 57.0 Å². The molecule has 0 radical (unpaired) electrons. The molecular weight excluding hydrogens is 478 g/mol. The van der Waals surface area contributed by atoms with Crippen LogP contribution in [0.2, 0.25) is 0 Å². The van der Waals surface area contributed by atoms with Crippen molar-refractivity contribution in [2.45, 2.75) is 104 Å². The lowest BCUT2D eigenvalue weighted by Gasteiger charge is -2.34. The molecule has 4 unspecified atom stereocenters. The summed E-state index contributed by atoms with van der Waals surface area (Å²) in [5, 5.41) is 24.9. The second-order valence-electron chi connectivity index (χ2n) is 12.1. The first-order valence-corrected chi connectivity index (χ1v) is 14.0. The number of aliphatic hydroxyl groups excluding tert-OH is 2. The lowest BCUT2D eigenvalue weighted by atomic mass is 9.72. The highest BCUT2D eigenvalue weighted by Crippen LogP contribution is 2.56. The molecule has 7 nitrogen and oxygen atoms in total. The lowest BCUT2D eigenvalue weighted by Crippen LogP contribution is -2.46. The van der Waals surface area contributed by atoms with Crippen molar-refractivity contribution in [1.82, 2.24) is 4.98 Å². The number of aryl methyl sites for hydroxylation is 1. The number of ether oxygens (including phenoxy) is 2. The summed E-state index contributed by atoms with van der Waals surface area (Å²) in [6.45, 7) is 13.0. The van der Waals surface area contributed by atoms with Gasteiger partial charge in [0.1, 0.15) is 11.9 Å². The lowest BCUT2D eigenvalue weighted by molar-refractivity contribution is -0.154.